The first-order valence-electron chi connectivity index (χ1n) is 9.14. The molecule has 0 spiro atoms. The summed E-state index contributed by atoms with van der Waals surface area (Å²) in [5.41, 5.74) is 0.986. The van der Waals surface area contributed by atoms with Crippen LogP contribution in [0.2, 0.25) is 0 Å². The number of Topliss-reactive ketones (excluding diaryl/α,β-unsaturated/α-hetero) is 1. The second-order valence-electron chi connectivity index (χ2n) is 7.02. The lowest BCUT2D eigenvalue weighted by molar-refractivity contribution is -0.126. The minimum absolute atomic E-state index is 0.0434. The Bertz CT molecular complexity index is 635. The predicted molar refractivity (Wildman–Crippen MR) is 95.7 cm³/mol. The van der Waals surface area contributed by atoms with E-state index in [4.69, 9.17) is 11.2 Å². The van der Waals surface area contributed by atoms with Crippen LogP contribution in [-0.4, -0.2) is 28.9 Å². The molecule has 2 saturated heterocycles. The first kappa shape index (κ1) is 17.5. The molecule has 2 aliphatic heterocycles. The number of carbonyl (C=O) groups is 2. The zero-order valence-corrected chi connectivity index (χ0v) is 14.5. The standard InChI is InChI=1S/C21H25NO3/c1-2-3-12-20(23)17-13-18-10-7-11-19(14-17)22(18)21(24)25-15-16-8-5-4-6-9-16/h1,4-6,8-9,17-19H,3,7,10-15H2. The van der Waals surface area contributed by atoms with Crippen molar-refractivity contribution in [3.63, 3.8) is 0 Å². The average molecular weight is 339 g/mol. The van der Waals surface area contributed by atoms with E-state index in [1.54, 1.807) is 0 Å². The molecule has 25 heavy (non-hydrogen) atoms. The molecule has 1 amide bonds. The summed E-state index contributed by atoms with van der Waals surface area (Å²) in [6.07, 6.45) is 10.5. The fourth-order valence-corrected chi connectivity index (χ4v) is 4.14. The topological polar surface area (TPSA) is 46.6 Å². The largest absolute Gasteiger partial charge is 0.445 e. The van der Waals surface area contributed by atoms with Gasteiger partial charge in [0.05, 0.1) is 0 Å². The fraction of sp³-hybridized carbons (Fsp3) is 0.524. The number of amides is 1. The number of nitrogens with zero attached hydrogens (tertiary/aromatic N) is 1. The third-order valence-corrected chi connectivity index (χ3v) is 5.36. The smallest absolute Gasteiger partial charge is 0.410 e. The third kappa shape index (κ3) is 4.22. The molecule has 2 atom stereocenters. The van der Waals surface area contributed by atoms with Crippen LogP contribution in [0, 0.1) is 18.3 Å². The number of ether oxygens (including phenoxy) is 1. The van der Waals surface area contributed by atoms with E-state index in [2.05, 4.69) is 5.92 Å². The van der Waals surface area contributed by atoms with E-state index in [1.165, 1.54) is 0 Å². The summed E-state index contributed by atoms with van der Waals surface area (Å²) in [6, 6.07) is 9.95. The maximum Gasteiger partial charge on any atom is 0.410 e. The minimum atomic E-state index is -0.243. The molecule has 0 N–H and O–H groups in total. The number of piperidine rings is 2. The van der Waals surface area contributed by atoms with Crippen LogP contribution in [0.3, 0.4) is 0 Å². The van der Waals surface area contributed by atoms with E-state index in [-0.39, 0.29) is 29.9 Å². The highest BCUT2D eigenvalue weighted by Crippen LogP contribution is 2.38. The molecule has 2 aliphatic rings. The van der Waals surface area contributed by atoms with Crippen molar-refractivity contribution in [1.82, 2.24) is 4.90 Å². The van der Waals surface area contributed by atoms with Gasteiger partial charge in [-0.25, -0.2) is 4.79 Å². The Morgan fingerprint density at radius 2 is 1.84 bits per heavy atom. The first-order valence-corrected chi connectivity index (χ1v) is 9.14. The number of carbonyl (C=O) groups excluding carboxylic acids is 2. The van der Waals surface area contributed by atoms with Gasteiger partial charge >= 0.3 is 6.09 Å². The van der Waals surface area contributed by atoms with Crippen molar-refractivity contribution < 1.29 is 14.3 Å². The Morgan fingerprint density at radius 3 is 2.48 bits per heavy atom. The lowest BCUT2D eigenvalue weighted by Gasteiger charge is -2.47. The highest BCUT2D eigenvalue weighted by atomic mass is 16.6. The zero-order valence-electron chi connectivity index (χ0n) is 14.5. The van der Waals surface area contributed by atoms with Crippen LogP contribution >= 0.6 is 0 Å². The normalized spacial score (nSPS) is 25.1. The van der Waals surface area contributed by atoms with Gasteiger partial charge in [-0.2, -0.15) is 0 Å². The Labute approximate surface area is 149 Å². The van der Waals surface area contributed by atoms with Crippen LogP contribution in [0.25, 0.3) is 0 Å². The third-order valence-electron chi connectivity index (χ3n) is 5.36. The highest BCUT2D eigenvalue weighted by molar-refractivity contribution is 5.82. The van der Waals surface area contributed by atoms with Crippen LogP contribution in [0.5, 0.6) is 0 Å². The minimum Gasteiger partial charge on any atom is -0.445 e. The highest BCUT2D eigenvalue weighted by Gasteiger charge is 2.43. The number of terminal acetylenes is 1. The summed E-state index contributed by atoms with van der Waals surface area (Å²) in [7, 11) is 0. The van der Waals surface area contributed by atoms with Gasteiger partial charge in [0.25, 0.3) is 0 Å². The van der Waals surface area contributed by atoms with Crippen molar-refractivity contribution in [3.8, 4) is 12.3 Å². The molecular weight excluding hydrogens is 314 g/mol. The number of hydrogen-bond acceptors (Lipinski definition) is 3. The van der Waals surface area contributed by atoms with Crippen molar-refractivity contribution in [2.75, 3.05) is 0 Å². The maximum absolute atomic E-state index is 12.6. The first-order chi connectivity index (χ1) is 12.2. The Kier molecular flexibility index (Phi) is 5.75. The molecule has 4 heteroatoms. The van der Waals surface area contributed by atoms with Crippen LogP contribution in [0.15, 0.2) is 30.3 Å². The molecule has 0 aliphatic carbocycles. The molecule has 0 saturated carbocycles. The van der Waals surface area contributed by atoms with Crippen LogP contribution < -0.4 is 0 Å². The van der Waals surface area contributed by atoms with Crippen molar-refractivity contribution in [2.24, 2.45) is 5.92 Å². The summed E-state index contributed by atoms with van der Waals surface area (Å²) in [5.74, 6) is 2.84. The molecule has 0 radical (unpaired) electrons. The molecule has 132 valence electrons. The van der Waals surface area contributed by atoms with Gasteiger partial charge in [-0.05, 0) is 37.7 Å². The molecular formula is C21H25NO3. The molecule has 2 heterocycles. The molecule has 2 bridgehead atoms. The van der Waals surface area contributed by atoms with Crippen LogP contribution in [0.4, 0.5) is 4.79 Å². The van der Waals surface area contributed by atoms with Gasteiger partial charge in [-0.3, -0.25) is 4.79 Å². The summed E-state index contributed by atoms with van der Waals surface area (Å²) in [4.78, 5) is 26.9. The van der Waals surface area contributed by atoms with Gasteiger partial charge in [0.15, 0.2) is 0 Å². The zero-order chi connectivity index (χ0) is 17.6. The molecule has 2 unspecified atom stereocenters. The molecule has 1 aromatic rings. The number of benzene rings is 1. The summed E-state index contributed by atoms with van der Waals surface area (Å²) in [6.45, 7) is 0.292. The van der Waals surface area contributed by atoms with E-state index < -0.39 is 0 Å². The van der Waals surface area contributed by atoms with Gasteiger partial charge in [0, 0.05) is 30.8 Å². The Morgan fingerprint density at radius 1 is 1.16 bits per heavy atom. The maximum atomic E-state index is 12.6. The van der Waals surface area contributed by atoms with Gasteiger partial charge in [-0.1, -0.05) is 30.3 Å². The van der Waals surface area contributed by atoms with Crippen molar-refractivity contribution in [3.05, 3.63) is 35.9 Å². The lowest BCUT2D eigenvalue weighted by Crippen LogP contribution is -2.55. The second-order valence-corrected chi connectivity index (χ2v) is 7.02. The summed E-state index contributed by atoms with van der Waals surface area (Å²) >= 11 is 0. The molecule has 0 aromatic heterocycles. The number of rotatable bonds is 5. The molecule has 1 aromatic carbocycles. The summed E-state index contributed by atoms with van der Waals surface area (Å²) in [5, 5.41) is 0. The van der Waals surface area contributed by atoms with Crippen molar-refractivity contribution in [1.29, 1.82) is 0 Å². The molecule has 2 fully saturated rings. The Hall–Kier alpha value is -2.28. The van der Waals surface area contributed by atoms with E-state index in [0.29, 0.717) is 19.4 Å². The summed E-state index contributed by atoms with van der Waals surface area (Å²) < 4.78 is 5.54. The van der Waals surface area contributed by atoms with E-state index in [1.807, 2.05) is 35.2 Å². The van der Waals surface area contributed by atoms with Crippen molar-refractivity contribution >= 4 is 11.9 Å². The lowest BCUT2D eigenvalue weighted by atomic mass is 9.76. The van der Waals surface area contributed by atoms with Gasteiger partial charge < -0.3 is 9.64 Å². The van der Waals surface area contributed by atoms with Crippen LogP contribution in [0.1, 0.15) is 50.5 Å². The van der Waals surface area contributed by atoms with Crippen molar-refractivity contribution in [2.45, 2.75) is 63.6 Å². The van der Waals surface area contributed by atoms with E-state index >= 15 is 0 Å². The van der Waals surface area contributed by atoms with Gasteiger partial charge in [0.1, 0.15) is 12.4 Å². The monoisotopic (exact) mass is 339 g/mol. The number of fused-ring (bicyclic) bond motifs is 2. The fourth-order valence-electron chi connectivity index (χ4n) is 4.14. The quantitative estimate of drug-likeness (QED) is 0.764. The predicted octanol–water partition coefficient (Wildman–Crippen LogP) is 3.94. The molecule has 3 rings (SSSR count). The van der Waals surface area contributed by atoms with E-state index in [0.717, 1.165) is 37.7 Å². The van der Waals surface area contributed by atoms with Gasteiger partial charge in [0.2, 0.25) is 0 Å². The van der Waals surface area contributed by atoms with E-state index in [9.17, 15) is 9.59 Å². The second kappa shape index (κ2) is 8.20. The van der Waals surface area contributed by atoms with Gasteiger partial charge in [-0.15, -0.1) is 12.3 Å². The number of ketones is 1. The van der Waals surface area contributed by atoms with Crippen LogP contribution in [-0.2, 0) is 16.1 Å². The molecule has 4 nitrogen and oxygen atoms in total. The average Bonchev–Trinajstić information content (AvgIpc) is 2.64. The number of hydrogen-bond donors (Lipinski definition) is 0. The Balaban J connectivity index is 1.60. The SMILES string of the molecule is C#CCCC(=O)C1CC2CCCC(C1)N2C(=O)OCc1ccccc1.